The Labute approximate surface area is 118 Å². The molecule has 20 heavy (non-hydrogen) atoms. The Morgan fingerprint density at radius 2 is 2.30 bits per heavy atom. The molecule has 0 bridgehead atoms. The molecule has 1 aliphatic rings. The first kappa shape index (κ1) is 14.7. The number of fused-ring (bicyclic) bond motifs is 1. The molecular formula is C15H21NO4. The van der Waals surface area contributed by atoms with E-state index in [1.165, 1.54) is 0 Å². The van der Waals surface area contributed by atoms with E-state index < -0.39 is 12.2 Å². The number of nitrogens with one attached hydrogen (secondary N) is 1. The second-order valence-corrected chi connectivity index (χ2v) is 5.10. The van der Waals surface area contributed by atoms with Crippen LogP contribution in [0.5, 0.6) is 11.5 Å². The zero-order valence-electron chi connectivity index (χ0n) is 12.1. The fourth-order valence-corrected chi connectivity index (χ4v) is 1.97. The van der Waals surface area contributed by atoms with Crippen LogP contribution in [0.15, 0.2) is 18.2 Å². The second-order valence-electron chi connectivity index (χ2n) is 5.10. The zero-order valence-corrected chi connectivity index (χ0v) is 12.1. The third kappa shape index (κ3) is 3.22. The first-order valence-electron chi connectivity index (χ1n) is 6.93. The number of hydrogen-bond acceptors (Lipinski definition) is 4. The molecule has 0 fully saturated rings. The van der Waals surface area contributed by atoms with E-state index in [1.807, 2.05) is 13.8 Å². The highest BCUT2D eigenvalue weighted by Gasteiger charge is 2.23. The maximum atomic E-state index is 11.9. The van der Waals surface area contributed by atoms with Crippen molar-refractivity contribution in [1.29, 1.82) is 0 Å². The van der Waals surface area contributed by atoms with Crippen LogP contribution < -0.4 is 14.8 Å². The molecule has 1 amide bonds. The van der Waals surface area contributed by atoms with Gasteiger partial charge in [-0.05, 0) is 32.4 Å². The van der Waals surface area contributed by atoms with Gasteiger partial charge in [-0.1, -0.05) is 6.92 Å². The summed E-state index contributed by atoms with van der Waals surface area (Å²) in [5, 5.41) is 12.5. The summed E-state index contributed by atoms with van der Waals surface area (Å²) in [5.74, 6) is 1.04. The van der Waals surface area contributed by atoms with Gasteiger partial charge < -0.3 is 19.9 Å². The van der Waals surface area contributed by atoms with E-state index in [0.29, 0.717) is 11.5 Å². The summed E-state index contributed by atoms with van der Waals surface area (Å²) in [6.45, 7) is 5.94. The highest BCUT2D eigenvalue weighted by molar-refractivity contribution is 5.81. The number of benzene rings is 1. The largest absolute Gasteiger partial charge is 0.490 e. The summed E-state index contributed by atoms with van der Waals surface area (Å²) in [5.41, 5.74) is 0.758. The van der Waals surface area contributed by atoms with Crippen molar-refractivity contribution in [2.75, 3.05) is 6.61 Å². The number of amides is 1. The molecule has 0 aliphatic carbocycles. The summed E-state index contributed by atoms with van der Waals surface area (Å²) in [6.07, 6.45) is -0.276. The van der Waals surface area contributed by atoms with Gasteiger partial charge in [-0.2, -0.15) is 0 Å². The Morgan fingerprint density at radius 1 is 1.55 bits per heavy atom. The minimum atomic E-state index is -0.579. The topological polar surface area (TPSA) is 67.8 Å². The Kier molecular flexibility index (Phi) is 4.49. The molecule has 0 saturated heterocycles. The lowest BCUT2D eigenvalue weighted by molar-refractivity contribution is -0.127. The third-order valence-electron chi connectivity index (χ3n) is 3.42. The summed E-state index contributed by atoms with van der Waals surface area (Å²) >= 11 is 0. The lowest BCUT2D eigenvalue weighted by Crippen LogP contribution is -2.40. The van der Waals surface area contributed by atoms with Crippen LogP contribution >= 0.6 is 0 Å². The molecule has 5 nitrogen and oxygen atoms in total. The second kappa shape index (κ2) is 6.13. The zero-order chi connectivity index (χ0) is 14.7. The molecule has 2 N–H and O–H groups in total. The molecule has 1 aliphatic heterocycles. The van der Waals surface area contributed by atoms with E-state index >= 15 is 0 Å². The smallest absolute Gasteiger partial charge is 0.260 e. The van der Waals surface area contributed by atoms with Gasteiger partial charge >= 0.3 is 0 Å². The summed E-state index contributed by atoms with van der Waals surface area (Å²) in [7, 11) is 0. The fraction of sp³-hybridized carbons (Fsp3) is 0.533. The molecule has 110 valence electrons. The van der Waals surface area contributed by atoms with Crippen molar-refractivity contribution in [3.05, 3.63) is 23.8 Å². The van der Waals surface area contributed by atoms with E-state index in [4.69, 9.17) is 9.47 Å². The predicted molar refractivity (Wildman–Crippen MR) is 74.9 cm³/mol. The molecule has 3 unspecified atom stereocenters. The van der Waals surface area contributed by atoms with E-state index in [9.17, 15) is 9.90 Å². The number of carbonyl (C=O) groups excluding carboxylic acids is 1. The van der Waals surface area contributed by atoms with Gasteiger partial charge in [0.25, 0.3) is 5.91 Å². The van der Waals surface area contributed by atoms with E-state index in [2.05, 4.69) is 5.32 Å². The summed E-state index contributed by atoms with van der Waals surface area (Å²) < 4.78 is 11.0. The van der Waals surface area contributed by atoms with E-state index in [-0.39, 0.29) is 18.6 Å². The quantitative estimate of drug-likeness (QED) is 0.862. The molecule has 0 saturated carbocycles. The Bertz CT molecular complexity index is 489. The Hall–Kier alpha value is -1.75. The standard InChI is InChI=1S/C15H21NO4/c1-4-9(2)16-15(18)10(3)20-11-5-6-12-13(17)8-19-14(12)7-11/h5-7,9-10,13,17H,4,8H2,1-3H3,(H,16,18). The molecule has 0 radical (unpaired) electrons. The maximum absolute atomic E-state index is 11.9. The van der Waals surface area contributed by atoms with Crippen molar-refractivity contribution >= 4 is 5.91 Å². The number of carbonyl (C=O) groups is 1. The van der Waals surface area contributed by atoms with Crippen molar-refractivity contribution in [3.8, 4) is 11.5 Å². The fourth-order valence-electron chi connectivity index (χ4n) is 1.97. The molecule has 0 aromatic heterocycles. The van der Waals surface area contributed by atoms with Crippen molar-refractivity contribution in [2.45, 2.75) is 45.4 Å². The minimum Gasteiger partial charge on any atom is -0.490 e. The van der Waals surface area contributed by atoms with Gasteiger partial charge in [-0.15, -0.1) is 0 Å². The van der Waals surface area contributed by atoms with Crippen LogP contribution in [0.3, 0.4) is 0 Å². The number of rotatable bonds is 5. The van der Waals surface area contributed by atoms with Gasteiger partial charge in [0.15, 0.2) is 6.10 Å². The van der Waals surface area contributed by atoms with Crippen LogP contribution in [0.1, 0.15) is 38.9 Å². The average Bonchev–Trinajstić information content (AvgIpc) is 2.79. The molecular weight excluding hydrogens is 258 g/mol. The van der Waals surface area contributed by atoms with Crippen molar-refractivity contribution in [2.24, 2.45) is 0 Å². The maximum Gasteiger partial charge on any atom is 0.260 e. The number of ether oxygens (including phenoxy) is 2. The number of aliphatic hydroxyl groups is 1. The molecule has 1 aromatic carbocycles. The highest BCUT2D eigenvalue weighted by Crippen LogP contribution is 2.35. The SMILES string of the molecule is CCC(C)NC(=O)C(C)Oc1ccc2c(c1)OCC2O. The van der Waals surface area contributed by atoms with Gasteiger partial charge in [0.05, 0.1) is 0 Å². The molecule has 1 aromatic rings. The Balaban J connectivity index is 1.98. The first-order valence-corrected chi connectivity index (χ1v) is 6.93. The van der Waals surface area contributed by atoms with Crippen LogP contribution in [-0.2, 0) is 4.79 Å². The van der Waals surface area contributed by atoms with Crippen LogP contribution in [0.4, 0.5) is 0 Å². The van der Waals surface area contributed by atoms with E-state index in [0.717, 1.165) is 12.0 Å². The van der Waals surface area contributed by atoms with Gasteiger partial charge in [0.2, 0.25) is 0 Å². The van der Waals surface area contributed by atoms with E-state index in [1.54, 1.807) is 25.1 Å². The molecule has 1 heterocycles. The lowest BCUT2D eigenvalue weighted by Gasteiger charge is -2.18. The Morgan fingerprint density at radius 3 is 3.00 bits per heavy atom. The molecule has 0 spiro atoms. The summed E-state index contributed by atoms with van der Waals surface area (Å²) in [4.78, 5) is 11.9. The predicted octanol–water partition coefficient (Wildman–Crippen LogP) is 1.79. The molecule has 2 rings (SSSR count). The van der Waals surface area contributed by atoms with Crippen molar-refractivity contribution < 1.29 is 19.4 Å². The number of hydrogen-bond donors (Lipinski definition) is 2. The lowest BCUT2D eigenvalue weighted by atomic mass is 10.1. The third-order valence-corrected chi connectivity index (χ3v) is 3.42. The minimum absolute atomic E-state index is 0.132. The van der Waals surface area contributed by atoms with Gasteiger partial charge in [-0.3, -0.25) is 4.79 Å². The van der Waals surface area contributed by atoms with Crippen LogP contribution in [-0.4, -0.2) is 29.8 Å². The molecule has 5 heteroatoms. The first-order chi connectivity index (χ1) is 9.51. The highest BCUT2D eigenvalue weighted by atomic mass is 16.5. The van der Waals surface area contributed by atoms with Crippen LogP contribution in [0, 0.1) is 0 Å². The molecule has 3 atom stereocenters. The van der Waals surface area contributed by atoms with Crippen molar-refractivity contribution in [3.63, 3.8) is 0 Å². The van der Waals surface area contributed by atoms with Crippen LogP contribution in [0.25, 0.3) is 0 Å². The van der Waals surface area contributed by atoms with Crippen LogP contribution in [0.2, 0.25) is 0 Å². The average molecular weight is 279 g/mol. The van der Waals surface area contributed by atoms with Gasteiger partial charge in [0.1, 0.15) is 24.2 Å². The van der Waals surface area contributed by atoms with Gasteiger partial charge in [-0.25, -0.2) is 0 Å². The monoisotopic (exact) mass is 279 g/mol. The normalized spacial score (nSPS) is 19.7. The number of aliphatic hydroxyl groups excluding tert-OH is 1. The summed E-state index contributed by atoms with van der Waals surface area (Å²) in [6, 6.07) is 5.34. The van der Waals surface area contributed by atoms with Crippen molar-refractivity contribution in [1.82, 2.24) is 5.32 Å². The van der Waals surface area contributed by atoms with Gasteiger partial charge in [0, 0.05) is 17.7 Å².